The second-order valence-corrected chi connectivity index (χ2v) is 4.88. The largest absolute Gasteiger partial charge is 0.381 e. The summed E-state index contributed by atoms with van der Waals surface area (Å²) < 4.78 is 6.88. The number of ether oxygens (including phenoxy) is 1. The highest BCUT2D eigenvalue weighted by Gasteiger charge is 2.14. The number of pyridine rings is 1. The average molecular weight is 259 g/mol. The molecule has 1 atom stereocenters. The summed E-state index contributed by atoms with van der Waals surface area (Å²) in [6.45, 7) is 3.23. The van der Waals surface area contributed by atoms with Gasteiger partial charge in [-0.2, -0.15) is 0 Å². The standard InChI is InChI=1S/C14H17N3O2/c18-14-7-12(9-15-8-11-4-6-19-10-11)16-13-3-1-2-5-17(13)14/h1-3,5,7,11,15H,4,6,8-10H2. The number of rotatable bonds is 4. The molecule has 3 heterocycles. The Balaban J connectivity index is 1.69. The van der Waals surface area contributed by atoms with E-state index in [1.165, 1.54) is 0 Å². The van der Waals surface area contributed by atoms with Crippen molar-refractivity contribution in [2.75, 3.05) is 19.8 Å². The van der Waals surface area contributed by atoms with Gasteiger partial charge in [0.1, 0.15) is 5.65 Å². The third kappa shape index (κ3) is 2.83. The minimum Gasteiger partial charge on any atom is -0.381 e. The maximum Gasteiger partial charge on any atom is 0.258 e. The maximum atomic E-state index is 11.9. The van der Waals surface area contributed by atoms with Crippen LogP contribution in [0.4, 0.5) is 0 Å². The Hall–Kier alpha value is -1.72. The van der Waals surface area contributed by atoms with E-state index in [0.29, 0.717) is 18.1 Å². The summed E-state index contributed by atoms with van der Waals surface area (Å²) in [6.07, 6.45) is 2.85. The van der Waals surface area contributed by atoms with Gasteiger partial charge in [0, 0.05) is 32.0 Å². The van der Waals surface area contributed by atoms with Gasteiger partial charge < -0.3 is 10.1 Å². The van der Waals surface area contributed by atoms with Crippen LogP contribution in [0.15, 0.2) is 35.3 Å². The first-order valence-corrected chi connectivity index (χ1v) is 6.59. The maximum absolute atomic E-state index is 11.9. The molecule has 0 aliphatic carbocycles. The molecule has 3 rings (SSSR count). The lowest BCUT2D eigenvalue weighted by Crippen LogP contribution is -2.24. The minimum atomic E-state index is -0.0356. The van der Waals surface area contributed by atoms with E-state index in [1.807, 2.05) is 18.2 Å². The van der Waals surface area contributed by atoms with E-state index in [1.54, 1.807) is 16.7 Å². The third-order valence-corrected chi connectivity index (χ3v) is 3.39. The normalized spacial score (nSPS) is 19.1. The Morgan fingerprint density at radius 2 is 2.42 bits per heavy atom. The Kier molecular flexibility index (Phi) is 3.57. The SMILES string of the molecule is O=c1cc(CNCC2CCOC2)nc2ccccn12. The van der Waals surface area contributed by atoms with Crippen LogP contribution in [0.1, 0.15) is 12.1 Å². The zero-order valence-corrected chi connectivity index (χ0v) is 10.7. The monoisotopic (exact) mass is 259 g/mol. The molecule has 2 aromatic rings. The van der Waals surface area contributed by atoms with Gasteiger partial charge >= 0.3 is 0 Å². The molecule has 1 fully saturated rings. The van der Waals surface area contributed by atoms with Gasteiger partial charge in [-0.1, -0.05) is 6.07 Å². The fraction of sp³-hybridized carbons (Fsp3) is 0.429. The molecular weight excluding hydrogens is 242 g/mol. The Morgan fingerprint density at radius 1 is 1.47 bits per heavy atom. The smallest absolute Gasteiger partial charge is 0.258 e. The lowest BCUT2D eigenvalue weighted by atomic mass is 10.1. The quantitative estimate of drug-likeness (QED) is 0.883. The van der Waals surface area contributed by atoms with Crippen LogP contribution in [0, 0.1) is 5.92 Å². The predicted octanol–water partition coefficient (Wildman–Crippen LogP) is 0.821. The van der Waals surface area contributed by atoms with Crippen LogP contribution >= 0.6 is 0 Å². The van der Waals surface area contributed by atoms with Crippen LogP contribution < -0.4 is 10.9 Å². The van der Waals surface area contributed by atoms with Crippen LogP contribution in [0.3, 0.4) is 0 Å². The number of aromatic nitrogens is 2. The van der Waals surface area contributed by atoms with E-state index in [0.717, 1.165) is 31.9 Å². The van der Waals surface area contributed by atoms with Crippen molar-refractivity contribution in [2.45, 2.75) is 13.0 Å². The minimum absolute atomic E-state index is 0.0356. The predicted molar refractivity (Wildman–Crippen MR) is 72.1 cm³/mol. The lowest BCUT2D eigenvalue weighted by molar-refractivity contribution is 0.185. The van der Waals surface area contributed by atoms with Gasteiger partial charge in [-0.05, 0) is 24.5 Å². The molecule has 2 aromatic heterocycles. The summed E-state index contributed by atoms with van der Waals surface area (Å²) in [4.78, 5) is 16.4. The van der Waals surface area contributed by atoms with Crippen LogP contribution in [0.5, 0.6) is 0 Å². The van der Waals surface area contributed by atoms with Crippen molar-refractivity contribution < 1.29 is 4.74 Å². The van der Waals surface area contributed by atoms with Crippen LogP contribution in [0.25, 0.3) is 5.65 Å². The molecule has 1 saturated heterocycles. The van der Waals surface area contributed by atoms with Crippen molar-refractivity contribution in [3.05, 3.63) is 46.5 Å². The Morgan fingerprint density at radius 3 is 3.26 bits per heavy atom. The molecule has 19 heavy (non-hydrogen) atoms. The Labute approximate surface area is 111 Å². The molecule has 100 valence electrons. The van der Waals surface area contributed by atoms with E-state index >= 15 is 0 Å². The molecule has 0 saturated carbocycles. The van der Waals surface area contributed by atoms with Crippen molar-refractivity contribution >= 4 is 5.65 Å². The fourth-order valence-corrected chi connectivity index (χ4v) is 2.34. The zero-order chi connectivity index (χ0) is 13.1. The molecule has 0 spiro atoms. The number of hydrogen-bond donors (Lipinski definition) is 1. The van der Waals surface area contributed by atoms with Crippen molar-refractivity contribution in [1.82, 2.24) is 14.7 Å². The zero-order valence-electron chi connectivity index (χ0n) is 10.7. The number of fused-ring (bicyclic) bond motifs is 1. The summed E-state index contributed by atoms with van der Waals surface area (Å²) in [7, 11) is 0. The highest BCUT2D eigenvalue weighted by molar-refractivity contribution is 5.37. The lowest BCUT2D eigenvalue weighted by Gasteiger charge is -2.09. The summed E-state index contributed by atoms with van der Waals surface area (Å²) in [5, 5.41) is 3.34. The first-order chi connectivity index (χ1) is 9.33. The first kappa shape index (κ1) is 12.3. The fourth-order valence-electron chi connectivity index (χ4n) is 2.34. The molecule has 1 aliphatic rings. The van der Waals surface area contributed by atoms with Gasteiger partial charge in [0.05, 0.1) is 12.3 Å². The molecular formula is C14H17N3O2. The molecule has 5 nitrogen and oxygen atoms in total. The van der Waals surface area contributed by atoms with Crippen molar-refractivity contribution in [3.63, 3.8) is 0 Å². The molecule has 0 amide bonds. The van der Waals surface area contributed by atoms with E-state index in [2.05, 4.69) is 10.3 Å². The number of nitrogens with one attached hydrogen (secondary N) is 1. The van der Waals surface area contributed by atoms with Gasteiger partial charge in [-0.3, -0.25) is 9.20 Å². The van der Waals surface area contributed by atoms with Crippen LogP contribution in [-0.4, -0.2) is 29.1 Å². The second-order valence-electron chi connectivity index (χ2n) is 4.88. The molecule has 5 heteroatoms. The van der Waals surface area contributed by atoms with Gasteiger partial charge in [0.25, 0.3) is 5.56 Å². The van der Waals surface area contributed by atoms with Gasteiger partial charge in [-0.25, -0.2) is 4.98 Å². The molecule has 1 aliphatic heterocycles. The number of nitrogens with zero attached hydrogens (tertiary/aromatic N) is 2. The summed E-state index contributed by atoms with van der Waals surface area (Å²) >= 11 is 0. The van der Waals surface area contributed by atoms with E-state index < -0.39 is 0 Å². The first-order valence-electron chi connectivity index (χ1n) is 6.59. The van der Waals surface area contributed by atoms with E-state index in [9.17, 15) is 4.79 Å². The highest BCUT2D eigenvalue weighted by atomic mass is 16.5. The van der Waals surface area contributed by atoms with Gasteiger partial charge in [0.2, 0.25) is 0 Å². The van der Waals surface area contributed by atoms with Crippen molar-refractivity contribution in [3.8, 4) is 0 Å². The Bertz CT molecular complexity index is 617. The van der Waals surface area contributed by atoms with Crippen molar-refractivity contribution in [2.24, 2.45) is 5.92 Å². The number of hydrogen-bond acceptors (Lipinski definition) is 4. The molecule has 0 radical (unpaired) electrons. The molecule has 1 unspecified atom stereocenters. The van der Waals surface area contributed by atoms with Gasteiger partial charge in [-0.15, -0.1) is 0 Å². The highest BCUT2D eigenvalue weighted by Crippen LogP contribution is 2.10. The summed E-state index contributed by atoms with van der Waals surface area (Å²) in [5.41, 5.74) is 1.44. The summed E-state index contributed by atoms with van der Waals surface area (Å²) in [6, 6.07) is 7.14. The second kappa shape index (κ2) is 5.50. The molecule has 0 bridgehead atoms. The molecule has 1 N–H and O–H groups in total. The average Bonchev–Trinajstić information content (AvgIpc) is 2.92. The van der Waals surface area contributed by atoms with E-state index in [4.69, 9.17) is 4.74 Å². The van der Waals surface area contributed by atoms with Crippen LogP contribution in [0.2, 0.25) is 0 Å². The topological polar surface area (TPSA) is 55.6 Å². The molecule has 0 aromatic carbocycles. The van der Waals surface area contributed by atoms with Gasteiger partial charge in [0.15, 0.2) is 0 Å². The van der Waals surface area contributed by atoms with E-state index in [-0.39, 0.29) is 5.56 Å². The summed E-state index contributed by atoms with van der Waals surface area (Å²) in [5.74, 6) is 0.585. The third-order valence-electron chi connectivity index (χ3n) is 3.39. The van der Waals surface area contributed by atoms with Crippen molar-refractivity contribution in [1.29, 1.82) is 0 Å². The van der Waals surface area contributed by atoms with Crippen LogP contribution in [-0.2, 0) is 11.3 Å².